The van der Waals surface area contributed by atoms with Gasteiger partial charge in [-0.3, -0.25) is 0 Å². The Kier molecular flexibility index (Phi) is 7.16. The molecule has 0 amide bonds. The third-order valence-electron chi connectivity index (χ3n) is 3.81. The Hall–Kier alpha value is -2.52. The van der Waals surface area contributed by atoms with Crippen molar-refractivity contribution in [2.45, 2.75) is 5.37 Å². The minimum absolute atomic E-state index is 0.0223. The van der Waals surface area contributed by atoms with Crippen LogP contribution in [0.15, 0.2) is 101 Å². The van der Waals surface area contributed by atoms with E-state index >= 15 is 0 Å². The topological polar surface area (TPSA) is 114 Å². The molecule has 1 N–H and O–H groups in total. The Morgan fingerprint density at radius 3 is 1.69 bits per heavy atom. The van der Waals surface area contributed by atoms with Gasteiger partial charge in [-0.15, -0.1) is 0 Å². The second-order valence-corrected chi connectivity index (χ2v) is 7.74. The van der Waals surface area contributed by atoms with Crippen LogP contribution in [0.25, 0.3) is 0 Å². The van der Waals surface area contributed by atoms with Crippen LogP contribution in [-0.4, -0.2) is 15.5 Å². The number of nitrogens with zero attached hydrogens (tertiary/aromatic N) is 2. The summed E-state index contributed by atoms with van der Waals surface area (Å²) in [7, 11) is -4.69. The van der Waals surface area contributed by atoms with E-state index in [0.717, 1.165) is 22.0 Å². The third kappa shape index (κ3) is 6.79. The highest BCUT2D eigenvalue weighted by Gasteiger charge is 2.22. The molecule has 1 heterocycles. The molecule has 0 spiro atoms. The van der Waals surface area contributed by atoms with Crippen molar-refractivity contribution in [1.82, 2.24) is 0 Å². The molecule has 1 aliphatic heterocycles. The van der Waals surface area contributed by atoms with Crippen LogP contribution in [-0.2, 0) is 0 Å². The van der Waals surface area contributed by atoms with Crippen LogP contribution in [0, 0.1) is 10.2 Å². The Balaban J connectivity index is 0.000000431. The van der Waals surface area contributed by atoms with E-state index in [1.54, 1.807) is 11.8 Å². The van der Waals surface area contributed by atoms with Gasteiger partial charge in [0.25, 0.3) is 0 Å². The number of halogens is 1. The molecule has 0 radical (unpaired) electrons. The molecule has 1 unspecified atom stereocenters. The highest BCUT2D eigenvalue weighted by atomic mass is 35.7. The summed E-state index contributed by atoms with van der Waals surface area (Å²) in [5.74, 6) is 0.794. The summed E-state index contributed by atoms with van der Waals surface area (Å²) in [4.78, 5) is 9.72. The summed E-state index contributed by atoms with van der Waals surface area (Å²) in [5.41, 5.74) is 3.37. The Labute approximate surface area is 174 Å². The van der Waals surface area contributed by atoms with E-state index < -0.39 is 10.2 Å². The summed E-state index contributed by atoms with van der Waals surface area (Å²) in [6.07, 6.45) is 0. The smallest absolute Gasteiger partial charge is 0.157 e. The van der Waals surface area contributed by atoms with Crippen molar-refractivity contribution >= 4 is 22.6 Å². The first-order valence-corrected chi connectivity index (χ1v) is 10.7. The fourth-order valence-corrected chi connectivity index (χ4v) is 3.66. The van der Waals surface area contributed by atoms with Crippen LogP contribution < -0.4 is 14.0 Å². The Bertz CT molecular complexity index is 972. The van der Waals surface area contributed by atoms with E-state index in [2.05, 4.69) is 48.5 Å². The van der Waals surface area contributed by atoms with E-state index in [0.29, 0.717) is 0 Å². The fourth-order valence-electron chi connectivity index (χ4n) is 2.59. The van der Waals surface area contributed by atoms with Gasteiger partial charge in [0.2, 0.25) is 0 Å². The van der Waals surface area contributed by atoms with E-state index in [1.807, 2.05) is 42.5 Å². The van der Waals surface area contributed by atoms with Crippen LogP contribution in [0.5, 0.6) is 0 Å². The van der Waals surface area contributed by atoms with Gasteiger partial charge in [-0.25, -0.2) is 9.98 Å². The van der Waals surface area contributed by atoms with Crippen molar-refractivity contribution in [3.8, 4) is 0 Å². The minimum atomic E-state index is -4.69. The number of benzene rings is 3. The van der Waals surface area contributed by atoms with E-state index in [1.165, 1.54) is 5.56 Å². The highest BCUT2D eigenvalue weighted by Crippen LogP contribution is 2.37. The molecule has 0 aliphatic carbocycles. The van der Waals surface area contributed by atoms with Crippen LogP contribution in [0.4, 0.5) is 0 Å². The van der Waals surface area contributed by atoms with E-state index in [9.17, 15) is 0 Å². The van der Waals surface area contributed by atoms with Gasteiger partial charge in [0.15, 0.2) is 5.84 Å². The van der Waals surface area contributed by atoms with Crippen molar-refractivity contribution in [3.05, 3.63) is 108 Å². The highest BCUT2D eigenvalue weighted by molar-refractivity contribution is 8.14. The fraction of sp³-hybridized carbons (Fsp3) is 0.0476. The molecule has 29 heavy (non-hydrogen) atoms. The van der Waals surface area contributed by atoms with E-state index in [4.69, 9.17) is 28.6 Å². The van der Waals surface area contributed by atoms with Crippen LogP contribution in [0.2, 0.25) is 0 Å². The van der Waals surface area contributed by atoms with Crippen molar-refractivity contribution in [1.29, 1.82) is 0 Å². The second-order valence-electron chi connectivity index (χ2n) is 5.88. The molecule has 0 bridgehead atoms. The van der Waals surface area contributed by atoms with Crippen molar-refractivity contribution < 1.29 is 28.9 Å². The van der Waals surface area contributed by atoms with Crippen molar-refractivity contribution in [2.75, 3.05) is 0 Å². The molecule has 0 aromatic heterocycles. The quantitative estimate of drug-likeness (QED) is 0.673. The SMILES string of the molecule is [O-][Cl+3]([O-])([O-])O.c1ccc(C2=NC(c3ccccc3)SC(c3ccccc3)=N2)cc1. The van der Waals surface area contributed by atoms with E-state index in [-0.39, 0.29) is 5.37 Å². The maximum absolute atomic E-state index is 8.60. The largest absolute Gasteiger partial charge is 0.246 e. The summed E-state index contributed by atoms with van der Waals surface area (Å²) >= 11 is 1.70. The molecule has 1 atom stereocenters. The summed E-state index contributed by atoms with van der Waals surface area (Å²) in [5, 5.41) is 1.03. The minimum Gasteiger partial charge on any atom is -0.246 e. The summed E-state index contributed by atoms with van der Waals surface area (Å²) in [6.45, 7) is 0. The standard InChI is InChI=1S/C21H16N2S.ClHO4/c1-4-10-16(11-5-1)19-22-20(17-12-6-2-7-13-17)24-21(23-19)18-14-8-3-9-15-18;2-1(3,4)5/h1-15,20H;(H,2,3,4,5). The number of thioether (sulfide) groups is 1. The average Bonchev–Trinajstić information content (AvgIpc) is 2.74. The number of aliphatic imine (C=N–C) groups is 2. The van der Waals surface area contributed by atoms with Crippen LogP contribution in [0.3, 0.4) is 0 Å². The van der Waals surface area contributed by atoms with Crippen molar-refractivity contribution in [3.63, 3.8) is 0 Å². The summed E-state index contributed by atoms with van der Waals surface area (Å²) < 4.78 is 32.7. The molecule has 6 nitrogen and oxygen atoms in total. The van der Waals surface area contributed by atoms with Gasteiger partial charge in [0, 0.05) is 11.1 Å². The number of hydrogen-bond acceptors (Lipinski definition) is 7. The number of rotatable bonds is 3. The molecule has 1 aliphatic rings. The van der Waals surface area contributed by atoms with Gasteiger partial charge in [-0.05, 0) is 5.56 Å². The predicted molar refractivity (Wildman–Crippen MR) is 105 cm³/mol. The molecule has 0 saturated carbocycles. The Morgan fingerprint density at radius 2 is 1.17 bits per heavy atom. The number of amidine groups is 1. The summed E-state index contributed by atoms with van der Waals surface area (Å²) in [6, 6.07) is 30.9. The average molecular weight is 429 g/mol. The predicted octanol–water partition coefficient (Wildman–Crippen LogP) is 1.20. The van der Waals surface area contributed by atoms with Gasteiger partial charge in [0.1, 0.15) is 10.4 Å². The first-order chi connectivity index (χ1) is 13.9. The van der Waals surface area contributed by atoms with Gasteiger partial charge >= 0.3 is 0 Å². The zero-order chi connectivity index (χ0) is 20.7. The molecule has 0 fully saturated rings. The molecule has 148 valence electrons. The molecule has 4 rings (SSSR count). The lowest BCUT2D eigenvalue weighted by atomic mass is 10.2. The number of hydrogen-bond donors (Lipinski definition) is 1. The first-order valence-electron chi connectivity index (χ1n) is 8.52. The Morgan fingerprint density at radius 1 is 0.724 bits per heavy atom. The molecular formula is C21H17ClN2O4S. The first kappa shape index (κ1) is 21.2. The van der Waals surface area contributed by atoms with Gasteiger partial charge in [-0.2, -0.15) is 14.0 Å². The maximum Gasteiger partial charge on any atom is 0.157 e. The maximum atomic E-state index is 8.60. The van der Waals surface area contributed by atoms with Gasteiger partial charge in [-0.1, -0.05) is 103 Å². The van der Waals surface area contributed by atoms with Crippen LogP contribution in [0.1, 0.15) is 22.1 Å². The molecule has 3 aromatic carbocycles. The molecular weight excluding hydrogens is 412 g/mol. The van der Waals surface area contributed by atoms with Gasteiger partial charge < -0.3 is 0 Å². The zero-order valence-electron chi connectivity index (χ0n) is 15.1. The molecule has 3 aromatic rings. The van der Waals surface area contributed by atoms with Gasteiger partial charge in [0.05, 0.1) is 14.9 Å². The van der Waals surface area contributed by atoms with Crippen LogP contribution >= 0.6 is 11.8 Å². The zero-order valence-corrected chi connectivity index (χ0v) is 16.7. The second kappa shape index (κ2) is 9.80. The normalized spacial score (nSPS) is 16.2. The molecule has 0 saturated heterocycles. The van der Waals surface area contributed by atoms with Crippen molar-refractivity contribution in [2.24, 2.45) is 9.98 Å². The lowest BCUT2D eigenvalue weighted by molar-refractivity contribution is -1.92. The molecule has 8 heteroatoms. The lowest BCUT2D eigenvalue weighted by Crippen LogP contribution is -2.58. The third-order valence-corrected chi connectivity index (χ3v) is 4.96. The monoisotopic (exact) mass is 428 g/mol. The lowest BCUT2D eigenvalue weighted by Gasteiger charge is -2.20.